The quantitative estimate of drug-likeness (QED) is 0.142. The predicted octanol–water partition coefficient (Wildman–Crippen LogP) is 3.70. The number of carbonyl (C=O) groups excluding carboxylic acids is 2. The van der Waals surface area contributed by atoms with Gasteiger partial charge in [-0.25, -0.2) is 20.3 Å². The molecule has 1 aromatic carbocycles. The first-order valence-electron chi connectivity index (χ1n) is 12.3. The highest BCUT2D eigenvalue weighted by Gasteiger charge is 2.30. The zero-order valence-corrected chi connectivity index (χ0v) is 20.2. The minimum absolute atomic E-state index is 0.0981. The Morgan fingerprint density at radius 3 is 2.53 bits per heavy atom. The maximum Gasteiger partial charge on any atom is 0.287 e. The van der Waals surface area contributed by atoms with Gasteiger partial charge in [0.05, 0.1) is 18.1 Å². The van der Waals surface area contributed by atoms with Crippen LogP contribution in [0.5, 0.6) is 0 Å². The Morgan fingerprint density at radius 1 is 1.14 bits per heavy atom. The molecule has 3 rings (SSSR count). The second-order valence-corrected chi connectivity index (χ2v) is 9.06. The van der Waals surface area contributed by atoms with Gasteiger partial charge in [-0.05, 0) is 56.2 Å². The number of imidazole rings is 1. The number of nitrogens with one attached hydrogen (secondary N) is 2. The predicted molar refractivity (Wildman–Crippen MR) is 129 cm³/mol. The molecule has 0 saturated heterocycles. The van der Waals surface area contributed by atoms with Crippen LogP contribution in [0.4, 0.5) is 4.39 Å². The Bertz CT molecular complexity index is 977. The summed E-state index contributed by atoms with van der Waals surface area (Å²) in [5.41, 5.74) is 4.89. The fraction of sp³-hybridized carbons (Fsp3) is 0.520. The average molecular weight is 504 g/mol. The largest absolute Gasteiger partial charge is 0.382 e. The van der Waals surface area contributed by atoms with E-state index in [-0.39, 0.29) is 30.6 Å². The normalized spacial score (nSPS) is 16.2. The van der Waals surface area contributed by atoms with Crippen molar-refractivity contribution in [1.82, 2.24) is 20.5 Å². The van der Waals surface area contributed by atoms with Crippen molar-refractivity contribution in [2.75, 3.05) is 0 Å². The molecule has 36 heavy (non-hydrogen) atoms. The van der Waals surface area contributed by atoms with Crippen LogP contribution in [0.25, 0.3) is 0 Å². The number of aromatic nitrogens is 2. The fourth-order valence-corrected chi connectivity index (χ4v) is 4.57. The van der Waals surface area contributed by atoms with Gasteiger partial charge in [0, 0.05) is 24.7 Å². The number of unbranched alkanes of at least 4 members (excludes halogenated alkanes) is 1. The second kappa shape index (κ2) is 14.3. The molecule has 196 valence electrons. The van der Waals surface area contributed by atoms with E-state index in [2.05, 4.69) is 10.1 Å². The van der Waals surface area contributed by atoms with E-state index in [0.717, 1.165) is 43.4 Å². The second-order valence-electron chi connectivity index (χ2n) is 9.06. The van der Waals surface area contributed by atoms with Crippen LogP contribution in [0.2, 0.25) is 0 Å². The molecule has 1 heterocycles. The molecule has 0 bridgehead atoms. The zero-order chi connectivity index (χ0) is 25.8. The summed E-state index contributed by atoms with van der Waals surface area (Å²) in [5, 5.41) is 22.4. The van der Waals surface area contributed by atoms with E-state index >= 15 is 0 Å². The molecule has 1 aliphatic carbocycles. The molecule has 1 aliphatic rings. The van der Waals surface area contributed by atoms with Gasteiger partial charge in [-0.15, -0.1) is 0 Å². The number of rotatable bonds is 13. The monoisotopic (exact) mass is 503 g/mol. The lowest BCUT2D eigenvalue weighted by Crippen LogP contribution is -2.35. The lowest BCUT2D eigenvalue weighted by atomic mass is 9.82. The summed E-state index contributed by atoms with van der Waals surface area (Å²) >= 11 is 0. The van der Waals surface area contributed by atoms with E-state index in [1.165, 1.54) is 12.1 Å². The highest BCUT2D eigenvalue weighted by atomic mass is 19.1. The van der Waals surface area contributed by atoms with E-state index in [9.17, 15) is 19.2 Å². The number of halogens is 1. The lowest BCUT2D eigenvalue weighted by Gasteiger charge is -2.29. The van der Waals surface area contributed by atoms with Gasteiger partial charge in [-0.2, -0.15) is 0 Å². The minimum Gasteiger partial charge on any atom is -0.382 e. The van der Waals surface area contributed by atoms with Crippen molar-refractivity contribution in [3.8, 4) is 0 Å². The summed E-state index contributed by atoms with van der Waals surface area (Å²) in [5.74, 6) is -1.42. The van der Waals surface area contributed by atoms with Crippen LogP contribution >= 0.6 is 0 Å². The van der Waals surface area contributed by atoms with Crippen LogP contribution in [0.15, 0.2) is 48.1 Å². The topological polar surface area (TPSA) is 138 Å². The van der Waals surface area contributed by atoms with Crippen molar-refractivity contribution in [3.63, 3.8) is 0 Å². The third-order valence-corrected chi connectivity index (χ3v) is 6.52. The Balaban J connectivity index is 1.84. The molecule has 2 amide bonds. The number of amides is 2. The number of hydroxylamine groups is 2. The molecule has 0 aliphatic heterocycles. The molecule has 2 unspecified atom stereocenters. The molecule has 2 atom stereocenters. The maximum atomic E-state index is 13.5. The number of hydrogen-bond acceptors (Lipinski definition) is 7. The van der Waals surface area contributed by atoms with E-state index in [1.807, 2.05) is 10.8 Å². The van der Waals surface area contributed by atoms with Crippen LogP contribution in [0.1, 0.15) is 69.4 Å². The van der Waals surface area contributed by atoms with Crippen molar-refractivity contribution < 1.29 is 29.2 Å². The average Bonchev–Trinajstić information content (AvgIpc) is 3.45. The highest BCUT2D eigenvalue weighted by molar-refractivity contribution is 5.90. The number of oxime groups is 1. The molecule has 10 nitrogen and oxygen atoms in total. The molecule has 4 N–H and O–H groups in total. The summed E-state index contributed by atoms with van der Waals surface area (Å²) in [4.78, 5) is 33.5. The maximum absolute atomic E-state index is 13.5. The van der Waals surface area contributed by atoms with E-state index in [1.54, 1.807) is 35.6 Å². The summed E-state index contributed by atoms with van der Waals surface area (Å²) in [6.07, 6.45) is 11.0. The minimum atomic E-state index is -1.06. The van der Waals surface area contributed by atoms with Crippen LogP contribution < -0.4 is 11.0 Å². The molecular weight excluding hydrogens is 469 g/mol. The van der Waals surface area contributed by atoms with E-state index in [4.69, 9.17) is 10.0 Å². The summed E-state index contributed by atoms with van der Waals surface area (Å²) in [6.45, 7) is 0. The van der Waals surface area contributed by atoms with Crippen molar-refractivity contribution in [3.05, 3.63) is 54.4 Å². The van der Waals surface area contributed by atoms with Crippen molar-refractivity contribution in [2.24, 2.45) is 11.1 Å². The smallest absolute Gasteiger partial charge is 0.287 e. The number of carbonyl (C=O) groups is 2. The van der Waals surface area contributed by atoms with Gasteiger partial charge in [-0.3, -0.25) is 20.0 Å². The van der Waals surface area contributed by atoms with Crippen molar-refractivity contribution in [1.29, 1.82) is 0 Å². The molecule has 1 fully saturated rings. The number of benzene rings is 1. The molecule has 2 aromatic rings. The fourth-order valence-electron chi connectivity index (χ4n) is 4.57. The lowest BCUT2D eigenvalue weighted by molar-refractivity contribution is -0.142. The van der Waals surface area contributed by atoms with Gasteiger partial charge in [-0.1, -0.05) is 36.6 Å². The van der Waals surface area contributed by atoms with Gasteiger partial charge in [0.1, 0.15) is 5.82 Å². The molecule has 1 saturated carbocycles. The molecule has 1 aromatic heterocycles. The van der Waals surface area contributed by atoms with Crippen LogP contribution in [-0.2, 0) is 20.8 Å². The van der Waals surface area contributed by atoms with Crippen LogP contribution in [-0.4, -0.2) is 43.6 Å². The zero-order valence-electron chi connectivity index (χ0n) is 20.2. The Labute approximate surface area is 209 Å². The molecule has 0 spiro atoms. The summed E-state index contributed by atoms with van der Waals surface area (Å²) in [6, 6.07) is 6.07. The van der Waals surface area contributed by atoms with E-state index in [0.29, 0.717) is 19.3 Å². The molecular formula is C25H34FN5O5. The third-order valence-electron chi connectivity index (χ3n) is 6.52. The van der Waals surface area contributed by atoms with Crippen molar-refractivity contribution >= 4 is 17.5 Å². The third kappa shape index (κ3) is 8.13. The number of hydrogen-bond donors (Lipinski definition) is 4. The van der Waals surface area contributed by atoms with Crippen LogP contribution in [0, 0.1) is 11.7 Å². The van der Waals surface area contributed by atoms with Crippen LogP contribution in [0.3, 0.4) is 0 Å². The first kappa shape index (κ1) is 27.3. The summed E-state index contributed by atoms with van der Waals surface area (Å²) in [7, 11) is 0. The van der Waals surface area contributed by atoms with Gasteiger partial charge in [0.15, 0.2) is 0 Å². The molecule has 11 heteroatoms. The Hall–Kier alpha value is -3.31. The SMILES string of the molecule is O=C(CCCCC(O/N=C(\C1CCCCC1)C(Cc1ccc(F)cc1)n1ccnc1)C(=O)NO)NO. The van der Waals surface area contributed by atoms with E-state index < -0.39 is 17.9 Å². The van der Waals surface area contributed by atoms with Gasteiger partial charge in [0.2, 0.25) is 12.0 Å². The Kier molecular flexibility index (Phi) is 10.8. The van der Waals surface area contributed by atoms with Gasteiger partial charge in [0.25, 0.3) is 5.91 Å². The summed E-state index contributed by atoms with van der Waals surface area (Å²) < 4.78 is 15.4. The van der Waals surface area contributed by atoms with Gasteiger partial charge < -0.3 is 9.40 Å². The Morgan fingerprint density at radius 2 is 1.89 bits per heavy atom. The molecule has 0 radical (unpaired) electrons. The number of nitrogens with zero attached hydrogens (tertiary/aromatic N) is 3. The van der Waals surface area contributed by atoms with Gasteiger partial charge >= 0.3 is 0 Å². The highest BCUT2D eigenvalue weighted by Crippen LogP contribution is 2.31. The first-order chi connectivity index (χ1) is 17.5. The first-order valence-corrected chi connectivity index (χ1v) is 12.3. The standard InChI is InChI=1S/C25H34FN5O5/c26-20-12-10-18(11-13-20)16-21(31-15-14-27-17-31)24(19-6-2-1-3-7-19)30-36-22(25(33)29-35)8-4-5-9-23(32)28-34/h10-15,17,19,21-22,34-35H,1-9,16H2,(H,28,32)(H,29,33)/b30-24+. The van der Waals surface area contributed by atoms with Crippen molar-refractivity contribution in [2.45, 2.75) is 76.4 Å².